The number of imidazole rings is 1. The van der Waals surface area contributed by atoms with Gasteiger partial charge in [0, 0.05) is 35.8 Å². The minimum atomic E-state index is -0.773. The van der Waals surface area contributed by atoms with Crippen molar-refractivity contribution in [3.05, 3.63) is 87.0 Å². The molecule has 0 spiro atoms. The first-order valence-corrected chi connectivity index (χ1v) is 16.7. The van der Waals surface area contributed by atoms with Crippen molar-refractivity contribution in [3.63, 3.8) is 0 Å². The molecule has 1 saturated heterocycles. The number of hydrogen-bond acceptors (Lipinski definition) is 9. The second-order valence-corrected chi connectivity index (χ2v) is 14.6. The first-order chi connectivity index (χ1) is 23.6. The number of nitrogens with zero attached hydrogens (tertiary/aromatic N) is 8. The Balaban J connectivity index is 1.44. The van der Waals surface area contributed by atoms with E-state index >= 15 is 0 Å². The molecular weight excluding hydrogens is 664 g/mol. The van der Waals surface area contributed by atoms with Crippen LogP contribution in [0.25, 0.3) is 22.1 Å². The molecule has 1 fully saturated rings. The van der Waals surface area contributed by atoms with Gasteiger partial charge in [0.2, 0.25) is 5.62 Å². The lowest BCUT2D eigenvalue weighted by Crippen LogP contribution is -2.39. The van der Waals surface area contributed by atoms with Gasteiger partial charge in [0.1, 0.15) is 27.9 Å². The lowest BCUT2D eigenvalue weighted by atomic mass is 10.0. The van der Waals surface area contributed by atoms with Crippen LogP contribution >= 0.6 is 11.6 Å². The summed E-state index contributed by atoms with van der Waals surface area (Å²) in [5.74, 6) is 0. The minimum absolute atomic E-state index is 0.00417. The van der Waals surface area contributed by atoms with E-state index in [0.29, 0.717) is 53.3 Å². The second kappa shape index (κ2) is 13.2. The third kappa shape index (κ3) is 7.20. The molecule has 5 aromatic rings. The van der Waals surface area contributed by atoms with Gasteiger partial charge in [-0.1, -0.05) is 41.1 Å². The molecule has 15 heteroatoms. The maximum atomic E-state index is 13.3. The van der Waals surface area contributed by atoms with Crippen LogP contribution in [0.1, 0.15) is 66.0 Å². The number of anilines is 1. The molecule has 1 amide bonds. The topological polar surface area (TPSA) is 152 Å². The van der Waals surface area contributed by atoms with Crippen molar-refractivity contribution in [3.8, 4) is 0 Å². The number of rotatable bonds is 5. The van der Waals surface area contributed by atoms with Crippen LogP contribution in [0.3, 0.4) is 0 Å². The summed E-state index contributed by atoms with van der Waals surface area (Å²) >= 11 is 6.25. The molecule has 3 aromatic carbocycles. The number of aromatic nitrogens is 5. The number of para-hydroxylation sites is 2. The molecule has 0 saturated carbocycles. The van der Waals surface area contributed by atoms with Gasteiger partial charge in [0.25, 0.3) is 5.69 Å². The zero-order chi connectivity index (χ0) is 36.0. The predicted molar refractivity (Wildman–Crippen MR) is 189 cm³/mol. The van der Waals surface area contributed by atoms with Gasteiger partial charge < -0.3 is 23.5 Å². The molecule has 2 aromatic heterocycles. The van der Waals surface area contributed by atoms with Crippen LogP contribution in [-0.4, -0.2) is 65.5 Å². The summed E-state index contributed by atoms with van der Waals surface area (Å²) in [6.45, 7) is 11.9. The van der Waals surface area contributed by atoms with E-state index in [4.69, 9.17) is 21.1 Å². The van der Waals surface area contributed by atoms with Crippen LogP contribution in [0.4, 0.5) is 21.0 Å². The average Bonchev–Trinajstić information content (AvgIpc) is 3.59. The maximum absolute atomic E-state index is 13.3. The fourth-order valence-electron chi connectivity index (χ4n) is 6.25. The number of carbonyl (C=O) groups excluding carboxylic acids is 2. The molecule has 14 nitrogen and oxygen atoms in total. The van der Waals surface area contributed by atoms with Gasteiger partial charge in [0.05, 0.1) is 22.5 Å². The van der Waals surface area contributed by atoms with Crippen LogP contribution in [0.2, 0.25) is 5.02 Å². The van der Waals surface area contributed by atoms with Gasteiger partial charge in [-0.3, -0.25) is 10.1 Å². The highest BCUT2D eigenvalue weighted by molar-refractivity contribution is 6.31. The molecule has 1 aliphatic rings. The highest BCUT2D eigenvalue weighted by Gasteiger charge is 2.29. The van der Waals surface area contributed by atoms with Crippen molar-refractivity contribution in [2.24, 2.45) is 4.99 Å². The molecular formula is C35H39ClN8O6. The van der Waals surface area contributed by atoms with E-state index in [1.54, 1.807) is 53.7 Å². The molecule has 0 aliphatic carbocycles. The van der Waals surface area contributed by atoms with Crippen molar-refractivity contribution < 1.29 is 24.0 Å². The van der Waals surface area contributed by atoms with Crippen LogP contribution in [0.5, 0.6) is 0 Å². The Morgan fingerprint density at radius 1 is 0.940 bits per heavy atom. The summed E-state index contributed by atoms with van der Waals surface area (Å²) in [7, 11) is 0. The summed E-state index contributed by atoms with van der Waals surface area (Å²) in [5, 5.41) is 20.7. The molecule has 3 heterocycles. The van der Waals surface area contributed by atoms with Crippen molar-refractivity contribution in [2.45, 2.75) is 78.2 Å². The molecule has 50 heavy (non-hydrogen) atoms. The summed E-state index contributed by atoms with van der Waals surface area (Å²) in [6.07, 6.45) is -0.161. The summed E-state index contributed by atoms with van der Waals surface area (Å²) < 4.78 is 16.3. The summed E-state index contributed by atoms with van der Waals surface area (Å²) in [6, 6.07) is 17.7. The van der Waals surface area contributed by atoms with E-state index < -0.39 is 28.3 Å². The fourth-order valence-corrected chi connectivity index (χ4v) is 6.41. The number of carbonyl (C=O) groups is 2. The number of hydrogen-bond donors (Lipinski definition) is 0. The van der Waals surface area contributed by atoms with Gasteiger partial charge in [-0.25, -0.2) is 9.59 Å². The van der Waals surface area contributed by atoms with Crippen molar-refractivity contribution in [1.82, 2.24) is 24.1 Å². The fraction of sp³-hybridized carbons (Fsp3) is 0.400. The number of nitro groups is 1. The molecule has 0 N–H and O–H groups in total. The lowest BCUT2D eigenvalue weighted by Gasteiger charge is -2.34. The number of halogens is 1. The summed E-state index contributed by atoms with van der Waals surface area (Å²) in [5.41, 5.74) is 2.75. The first kappa shape index (κ1) is 34.6. The number of ether oxygens (including phenoxy) is 2. The number of benzene rings is 3. The van der Waals surface area contributed by atoms with Gasteiger partial charge in [0.15, 0.2) is 0 Å². The highest BCUT2D eigenvalue weighted by Crippen LogP contribution is 2.35. The normalized spacial score (nSPS) is 14.8. The van der Waals surface area contributed by atoms with Crippen molar-refractivity contribution in [1.29, 1.82) is 0 Å². The molecule has 0 radical (unpaired) electrons. The zero-order valence-corrected chi connectivity index (χ0v) is 29.5. The molecule has 262 valence electrons. The van der Waals surface area contributed by atoms with Crippen LogP contribution in [0, 0.1) is 10.1 Å². The Morgan fingerprint density at radius 3 is 2.26 bits per heavy atom. The number of amides is 1. The van der Waals surface area contributed by atoms with Gasteiger partial charge in [-0.05, 0) is 84.7 Å². The smallest absolute Gasteiger partial charge is 0.437 e. The Bertz CT molecular complexity index is 2180. The van der Waals surface area contributed by atoms with Gasteiger partial charge >= 0.3 is 12.2 Å². The monoisotopic (exact) mass is 702 g/mol. The lowest BCUT2D eigenvalue weighted by molar-refractivity contribution is -0.384. The number of nitro benzene ring substituents is 1. The highest BCUT2D eigenvalue weighted by atomic mass is 35.5. The zero-order valence-electron chi connectivity index (χ0n) is 28.8. The molecule has 0 bridgehead atoms. The average molecular weight is 703 g/mol. The molecule has 6 rings (SSSR count). The summed E-state index contributed by atoms with van der Waals surface area (Å²) in [4.78, 5) is 44.2. The number of fused-ring (bicyclic) bond motifs is 2. The van der Waals surface area contributed by atoms with Crippen LogP contribution in [0.15, 0.2) is 65.7 Å². The SMILES string of the molecule is CC(C)(C)OC(=O)/N=c1\n(Cc2cccc3c2nnn3C(=O)OC(C)(C)C)c2ccccc2n1C1CCN(c2cc(Cl)ccc2[N+](=O)[O-])CC1. The molecule has 0 unspecified atom stereocenters. The van der Waals surface area contributed by atoms with Crippen molar-refractivity contribution >= 4 is 57.2 Å². The van der Waals surface area contributed by atoms with E-state index in [0.717, 1.165) is 21.3 Å². The third-order valence-corrected chi connectivity index (χ3v) is 8.47. The quantitative estimate of drug-likeness (QED) is 0.136. The molecule has 1 aliphatic heterocycles. The Kier molecular flexibility index (Phi) is 9.16. The maximum Gasteiger partial charge on any atom is 0.437 e. The Morgan fingerprint density at radius 2 is 1.60 bits per heavy atom. The standard InChI is InChI=1S/C35H39ClN8O6/c1-34(2,3)49-32(45)37-31-41(21-22-10-9-13-28-30(22)38-39-43(28)33(46)50-35(4,5)6)25-11-7-8-12-26(25)42(31)24-16-18-40(19-17-24)29-20-23(36)14-15-27(29)44(47)48/h7-15,20,24H,16-19,21H2,1-6H3/b37-31+. The van der Waals surface area contributed by atoms with E-state index in [1.807, 2.05) is 45.9 Å². The predicted octanol–water partition coefficient (Wildman–Crippen LogP) is 7.26. The minimum Gasteiger partial charge on any atom is -0.442 e. The van der Waals surface area contributed by atoms with Crippen LogP contribution in [-0.2, 0) is 16.0 Å². The van der Waals surface area contributed by atoms with Crippen molar-refractivity contribution in [2.75, 3.05) is 18.0 Å². The Hall–Kier alpha value is -5.24. The van der Waals surface area contributed by atoms with Crippen LogP contribution < -0.4 is 10.5 Å². The van der Waals surface area contributed by atoms with E-state index in [1.165, 1.54) is 12.1 Å². The third-order valence-electron chi connectivity index (χ3n) is 8.23. The Labute approximate surface area is 293 Å². The van der Waals surface area contributed by atoms with E-state index in [-0.39, 0.29) is 18.3 Å². The first-order valence-electron chi connectivity index (χ1n) is 16.3. The largest absolute Gasteiger partial charge is 0.442 e. The van der Waals surface area contributed by atoms with Gasteiger partial charge in [-0.2, -0.15) is 0 Å². The van der Waals surface area contributed by atoms with Gasteiger partial charge in [-0.15, -0.1) is 14.8 Å². The second-order valence-electron chi connectivity index (χ2n) is 14.2. The molecule has 0 atom stereocenters. The van der Waals surface area contributed by atoms with E-state index in [9.17, 15) is 19.7 Å². The number of piperidine rings is 1. The van der Waals surface area contributed by atoms with E-state index in [2.05, 4.69) is 19.9 Å².